The fourth-order valence-electron chi connectivity index (χ4n) is 2.96. The van der Waals surface area contributed by atoms with Crippen LogP contribution in [0.25, 0.3) is 10.8 Å². The van der Waals surface area contributed by atoms with Gasteiger partial charge in [0.25, 0.3) is 0 Å². The van der Waals surface area contributed by atoms with Gasteiger partial charge in [-0.15, -0.1) is 11.3 Å². The second kappa shape index (κ2) is 7.38. The molecule has 1 heterocycles. The topological polar surface area (TPSA) is 0 Å². The van der Waals surface area contributed by atoms with Crippen LogP contribution in [0.15, 0.2) is 84.2 Å². The molecule has 0 spiro atoms. The molecule has 0 fully saturated rings. The highest BCUT2D eigenvalue weighted by molar-refractivity contribution is 7.09. The summed E-state index contributed by atoms with van der Waals surface area (Å²) in [5.74, 6) is 6.58. The van der Waals surface area contributed by atoms with Crippen molar-refractivity contribution in [3.8, 4) is 11.8 Å². The summed E-state index contributed by atoms with van der Waals surface area (Å²) in [6.07, 6.45) is 1.79. The molecule has 0 N–H and O–H groups in total. The van der Waals surface area contributed by atoms with Crippen molar-refractivity contribution in [2.75, 3.05) is 0 Å². The molecule has 1 heteroatoms. The summed E-state index contributed by atoms with van der Waals surface area (Å²) in [4.78, 5) is 1.32. The molecule has 0 nitrogen and oxygen atoms in total. The lowest BCUT2D eigenvalue weighted by molar-refractivity contribution is 1.20. The molecule has 0 aliphatic heterocycles. The van der Waals surface area contributed by atoms with Gasteiger partial charge in [0.2, 0.25) is 0 Å². The summed E-state index contributed by atoms with van der Waals surface area (Å²) in [5.41, 5.74) is 3.76. The van der Waals surface area contributed by atoms with E-state index < -0.39 is 0 Å². The molecule has 0 saturated carbocycles. The smallest absolute Gasteiger partial charge is 0.0438 e. The molecule has 0 aliphatic carbocycles. The Bertz CT molecular complexity index is 1030. The van der Waals surface area contributed by atoms with Crippen molar-refractivity contribution in [1.29, 1.82) is 0 Å². The van der Waals surface area contributed by atoms with Crippen LogP contribution in [0.1, 0.15) is 21.6 Å². The van der Waals surface area contributed by atoms with Gasteiger partial charge in [-0.3, -0.25) is 0 Å². The van der Waals surface area contributed by atoms with Gasteiger partial charge >= 0.3 is 0 Å². The molecule has 4 aromatic rings. The van der Waals surface area contributed by atoms with Crippen LogP contribution in [0.4, 0.5) is 0 Å². The summed E-state index contributed by atoms with van der Waals surface area (Å²) >= 11 is 1.76. The molecule has 0 atom stereocenters. The minimum absolute atomic E-state index is 0.823. The van der Waals surface area contributed by atoms with Gasteiger partial charge in [0.05, 0.1) is 0 Å². The van der Waals surface area contributed by atoms with Crippen molar-refractivity contribution in [1.82, 2.24) is 0 Å². The molecule has 1 aromatic heterocycles. The summed E-state index contributed by atoms with van der Waals surface area (Å²) in [6, 6.07) is 28.0. The van der Waals surface area contributed by atoms with Crippen molar-refractivity contribution < 1.29 is 0 Å². The number of benzene rings is 3. The van der Waals surface area contributed by atoms with Crippen LogP contribution in [0.3, 0.4) is 0 Å². The van der Waals surface area contributed by atoms with Gasteiger partial charge in [-0.2, -0.15) is 0 Å². The Balaban J connectivity index is 1.57. The highest BCUT2D eigenvalue weighted by Crippen LogP contribution is 2.20. The summed E-state index contributed by atoms with van der Waals surface area (Å²) in [7, 11) is 0. The molecular weight excluding hydrogens is 320 g/mol. The van der Waals surface area contributed by atoms with Crippen LogP contribution < -0.4 is 0 Å². The van der Waals surface area contributed by atoms with Gasteiger partial charge < -0.3 is 0 Å². The van der Waals surface area contributed by atoms with Crippen LogP contribution in [0.5, 0.6) is 0 Å². The number of rotatable bonds is 3. The zero-order valence-electron chi connectivity index (χ0n) is 13.9. The highest BCUT2D eigenvalue weighted by Gasteiger charge is 2.00. The predicted molar refractivity (Wildman–Crippen MR) is 108 cm³/mol. The molecule has 4 rings (SSSR count). The summed E-state index contributed by atoms with van der Waals surface area (Å²) < 4.78 is 0. The van der Waals surface area contributed by atoms with Crippen LogP contribution in [0.2, 0.25) is 0 Å². The Kier molecular flexibility index (Phi) is 4.63. The Hall–Kier alpha value is -2.82. The largest absolute Gasteiger partial charge is 0.148 e. The monoisotopic (exact) mass is 338 g/mol. The molecule has 120 valence electrons. The maximum absolute atomic E-state index is 3.30. The number of hydrogen-bond donors (Lipinski definition) is 0. The summed E-state index contributed by atoms with van der Waals surface area (Å²) in [6.45, 7) is 0. The third-order valence-electron chi connectivity index (χ3n) is 4.23. The lowest BCUT2D eigenvalue weighted by Gasteiger charge is -2.05. The van der Waals surface area contributed by atoms with E-state index in [0.717, 1.165) is 18.4 Å². The number of thiophene rings is 1. The third kappa shape index (κ3) is 3.99. The molecule has 0 radical (unpaired) electrons. The second-order valence-electron chi connectivity index (χ2n) is 6.12. The van der Waals surface area contributed by atoms with Crippen LogP contribution in [-0.4, -0.2) is 0 Å². The van der Waals surface area contributed by atoms with E-state index in [1.165, 1.54) is 26.8 Å². The number of fused-ring (bicyclic) bond motifs is 1. The Labute approximate surface area is 152 Å². The molecule has 0 aliphatic rings. The minimum atomic E-state index is 0.823. The highest BCUT2D eigenvalue weighted by atomic mass is 32.1. The van der Waals surface area contributed by atoms with E-state index >= 15 is 0 Å². The zero-order valence-corrected chi connectivity index (χ0v) is 14.7. The first-order chi connectivity index (χ1) is 12.4. The van der Waals surface area contributed by atoms with E-state index in [1.807, 2.05) is 0 Å². The maximum atomic E-state index is 3.30. The van der Waals surface area contributed by atoms with E-state index in [2.05, 4.69) is 96.1 Å². The van der Waals surface area contributed by atoms with Gasteiger partial charge in [0.1, 0.15) is 0 Å². The van der Waals surface area contributed by atoms with Crippen molar-refractivity contribution >= 4 is 22.1 Å². The predicted octanol–water partition coefficient (Wildman–Crippen LogP) is 6.09. The lowest BCUT2D eigenvalue weighted by Crippen LogP contribution is -1.88. The first kappa shape index (κ1) is 15.7. The lowest BCUT2D eigenvalue weighted by atomic mass is 10.00. The minimum Gasteiger partial charge on any atom is -0.148 e. The number of hydrogen-bond acceptors (Lipinski definition) is 1. The fraction of sp³-hybridized carbons (Fsp3) is 0.0833. The molecule has 3 aromatic carbocycles. The normalized spacial score (nSPS) is 10.4. The maximum Gasteiger partial charge on any atom is 0.0438 e. The third-order valence-corrected chi connectivity index (χ3v) is 5.11. The van der Waals surface area contributed by atoms with Gasteiger partial charge in [-0.1, -0.05) is 72.5 Å². The van der Waals surface area contributed by atoms with Gasteiger partial charge in [0, 0.05) is 16.9 Å². The quantitative estimate of drug-likeness (QED) is 0.397. The molecule has 0 bridgehead atoms. The molecule has 0 amide bonds. The first-order valence-corrected chi connectivity index (χ1v) is 9.33. The van der Waals surface area contributed by atoms with Crippen LogP contribution >= 0.6 is 11.3 Å². The van der Waals surface area contributed by atoms with E-state index in [-0.39, 0.29) is 0 Å². The standard InChI is InChI=1S/C24H18S/c1-2-6-19(7-3-1)16-21-12-14-22-13-11-20(17-23(22)18-21)8-4-9-24-10-5-15-25-24/h1-3,5-7,10-15,17-18H,9,16H2. The van der Waals surface area contributed by atoms with E-state index in [9.17, 15) is 0 Å². The van der Waals surface area contributed by atoms with Crippen molar-refractivity contribution in [3.05, 3.63) is 106 Å². The van der Waals surface area contributed by atoms with E-state index in [1.54, 1.807) is 11.3 Å². The summed E-state index contributed by atoms with van der Waals surface area (Å²) in [5, 5.41) is 4.62. The first-order valence-electron chi connectivity index (χ1n) is 8.45. The fourth-order valence-corrected chi connectivity index (χ4v) is 3.61. The second-order valence-corrected chi connectivity index (χ2v) is 7.15. The van der Waals surface area contributed by atoms with Crippen molar-refractivity contribution in [2.45, 2.75) is 12.8 Å². The Morgan fingerprint density at radius 3 is 2.44 bits per heavy atom. The van der Waals surface area contributed by atoms with Gasteiger partial charge in [-0.05, 0) is 51.9 Å². The van der Waals surface area contributed by atoms with Gasteiger partial charge in [-0.25, -0.2) is 0 Å². The van der Waals surface area contributed by atoms with Crippen molar-refractivity contribution in [2.24, 2.45) is 0 Å². The van der Waals surface area contributed by atoms with Crippen LogP contribution in [-0.2, 0) is 12.8 Å². The zero-order chi connectivity index (χ0) is 16.9. The van der Waals surface area contributed by atoms with E-state index in [0.29, 0.717) is 0 Å². The molecule has 0 unspecified atom stereocenters. The SMILES string of the molecule is C(#Cc1ccc2ccc(Cc3ccccc3)cc2c1)Cc1cccs1. The molecular formula is C24H18S. The average molecular weight is 338 g/mol. The molecule has 25 heavy (non-hydrogen) atoms. The molecule has 0 saturated heterocycles. The van der Waals surface area contributed by atoms with Crippen molar-refractivity contribution in [3.63, 3.8) is 0 Å². The Morgan fingerprint density at radius 1 is 0.720 bits per heavy atom. The van der Waals surface area contributed by atoms with Crippen LogP contribution in [0, 0.1) is 11.8 Å². The van der Waals surface area contributed by atoms with Gasteiger partial charge in [0.15, 0.2) is 0 Å². The average Bonchev–Trinajstić information content (AvgIpc) is 3.16. The van der Waals surface area contributed by atoms with E-state index in [4.69, 9.17) is 0 Å². The Morgan fingerprint density at radius 2 is 1.60 bits per heavy atom.